The van der Waals surface area contributed by atoms with Crippen molar-refractivity contribution in [1.82, 2.24) is 10.3 Å². The van der Waals surface area contributed by atoms with Gasteiger partial charge in [-0.05, 0) is 30.2 Å². The van der Waals surface area contributed by atoms with Crippen molar-refractivity contribution < 1.29 is 4.79 Å². The number of carbonyl (C=O) groups is 1. The number of hydrogen-bond acceptors (Lipinski definition) is 3. The summed E-state index contributed by atoms with van der Waals surface area (Å²) in [6.45, 7) is 3.26. The summed E-state index contributed by atoms with van der Waals surface area (Å²) in [5.41, 5.74) is 4.76. The highest BCUT2D eigenvalue weighted by atomic mass is 16.1. The highest BCUT2D eigenvalue weighted by Gasteiger charge is 2.07. The van der Waals surface area contributed by atoms with E-state index in [9.17, 15) is 4.79 Å². The molecule has 1 amide bonds. The number of carbonyl (C=O) groups excluding carboxylic acids is 1. The molecule has 0 aliphatic heterocycles. The number of aromatic nitrogens is 1. The molecule has 0 spiro atoms. The minimum atomic E-state index is -0.170. The fourth-order valence-electron chi connectivity index (χ4n) is 2.53. The topological polar surface area (TPSA) is 54.0 Å². The number of benzene rings is 2. The fourth-order valence-corrected chi connectivity index (χ4v) is 2.53. The molecule has 25 heavy (non-hydrogen) atoms. The van der Waals surface area contributed by atoms with E-state index in [1.807, 2.05) is 49.4 Å². The Labute approximate surface area is 147 Å². The largest absolute Gasteiger partial charge is 0.380 e. The number of hydrogen-bond donors (Lipinski definition) is 2. The SMILES string of the molecule is Cc1cccc(CNC(=O)c2ccc(NCc3ccccc3)cn2)c1. The van der Waals surface area contributed by atoms with E-state index < -0.39 is 0 Å². The smallest absolute Gasteiger partial charge is 0.270 e. The number of nitrogens with one attached hydrogen (secondary N) is 2. The van der Waals surface area contributed by atoms with E-state index in [2.05, 4.69) is 33.8 Å². The molecule has 126 valence electrons. The van der Waals surface area contributed by atoms with Crippen molar-refractivity contribution in [1.29, 1.82) is 0 Å². The molecule has 0 saturated heterocycles. The lowest BCUT2D eigenvalue weighted by Crippen LogP contribution is -2.23. The quantitative estimate of drug-likeness (QED) is 0.719. The lowest BCUT2D eigenvalue weighted by atomic mass is 10.1. The first-order chi connectivity index (χ1) is 12.2. The second kappa shape index (κ2) is 8.11. The Hall–Kier alpha value is -3.14. The Kier molecular flexibility index (Phi) is 5.42. The molecule has 1 aromatic heterocycles. The number of nitrogens with zero attached hydrogens (tertiary/aromatic N) is 1. The molecule has 0 atom stereocenters. The molecular formula is C21H21N3O. The summed E-state index contributed by atoms with van der Waals surface area (Å²) in [6.07, 6.45) is 1.69. The maximum Gasteiger partial charge on any atom is 0.270 e. The maximum atomic E-state index is 12.2. The van der Waals surface area contributed by atoms with Crippen LogP contribution in [0.1, 0.15) is 27.2 Å². The Morgan fingerprint density at radius 3 is 2.44 bits per heavy atom. The van der Waals surface area contributed by atoms with E-state index in [0.717, 1.165) is 17.8 Å². The third kappa shape index (κ3) is 4.91. The van der Waals surface area contributed by atoms with Gasteiger partial charge in [-0.2, -0.15) is 0 Å². The fraction of sp³-hybridized carbons (Fsp3) is 0.143. The Morgan fingerprint density at radius 2 is 1.72 bits per heavy atom. The molecule has 4 nitrogen and oxygen atoms in total. The number of amides is 1. The maximum absolute atomic E-state index is 12.2. The predicted molar refractivity (Wildman–Crippen MR) is 100 cm³/mol. The minimum absolute atomic E-state index is 0.170. The third-order valence-corrected chi connectivity index (χ3v) is 3.87. The van der Waals surface area contributed by atoms with Gasteiger partial charge in [-0.1, -0.05) is 60.2 Å². The lowest BCUT2D eigenvalue weighted by Gasteiger charge is -2.08. The Balaban J connectivity index is 1.53. The zero-order valence-corrected chi connectivity index (χ0v) is 14.2. The van der Waals surface area contributed by atoms with Crippen LogP contribution < -0.4 is 10.6 Å². The van der Waals surface area contributed by atoms with Crippen LogP contribution >= 0.6 is 0 Å². The van der Waals surface area contributed by atoms with Crippen molar-refractivity contribution in [3.63, 3.8) is 0 Å². The average molecular weight is 331 g/mol. The van der Waals surface area contributed by atoms with Crippen LogP contribution in [-0.4, -0.2) is 10.9 Å². The molecule has 0 aliphatic carbocycles. The number of anilines is 1. The number of pyridine rings is 1. The van der Waals surface area contributed by atoms with Crippen LogP contribution in [0.5, 0.6) is 0 Å². The zero-order valence-electron chi connectivity index (χ0n) is 14.2. The highest BCUT2D eigenvalue weighted by molar-refractivity contribution is 5.92. The second-order valence-electron chi connectivity index (χ2n) is 5.94. The van der Waals surface area contributed by atoms with Crippen LogP contribution in [-0.2, 0) is 13.1 Å². The summed E-state index contributed by atoms with van der Waals surface area (Å²) in [7, 11) is 0. The van der Waals surface area contributed by atoms with Crippen molar-refractivity contribution in [2.45, 2.75) is 20.0 Å². The standard InChI is InChI=1S/C21H21N3O/c1-16-6-5-9-18(12-16)14-24-21(25)20-11-10-19(15-23-20)22-13-17-7-3-2-4-8-17/h2-12,15,22H,13-14H2,1H3,(H,24,25). The molecule has 0 aliphatic rings. The van der Waals surface area contributed by atoms with Gasteiger partial charge in [0.25, 0.3) is 5.91 Å². The van der Waals surface area contributed by atoms with Gasteiger partial charge in [-0.15, -0.1) is 0 Å². The van der Waals surface area contributed by atoms with Gasteiger partial charge in [0, 0.05) is 13.1 Å². The normalized spacial score (nSPS) is 10.3. The van der Waals surface area contributed by atoms with E-state index in [1.54, 1.807) is 12.3 Å². The number of rotatable bonds is 6. The first-order valence-corrected chi connectivity index (χ1v) is 8.28. The van der Waals surface area contributed by atoms with Crippen molar-refractivity contribution in [2.24, 2.45) is 0 Å². The van der Waals surface area contributed by atoms with Gasteiger partial charge >= 0.3 is 0 Å². The molecule has 0 fully saturated rings. The molecule has 0 bridgehead atoms. The zero-order chi connectivity index (χ0) is 17.5. The summed E-state index contributed by atoms with van der Waals surface area (Å²) in [5.74, 6) is -0.170. The van der Waals surface area contributed by atoms with Crippen molar-refractivity contribution >= 4 is 11.6 Å². The van der Waals surface area contributed by atoms with Gasteiger partial charge in [-0.3, -0.25) is 4.79 Å². The van der Waals surface area contributed by atoms with Crippen molar-refractivity contribution in [3.8, 4) is 0 Å². The summed E-state index contributed by atoms with van der Waals surface area (Å²) in [6, 6.07) is 21.8. The Bertz CT molecular complexity index is 829. The van der Waals surface area contributed by atoms with E-state index in [4.69, 9.17) is 0 Å². The van der Waals surface area contributed by atoms with Gasteiger partial charge in [0.2, 0.25) is 0 Å². The van der Waals surface area contributed by atoms with Crippen LogP contribution in [0, 0.1) is 6.92 Å². The van der Waals surface area contributed by atoms with Crippen LogP contribution in [0.2, 0.25) is 0 Å². The van der Waals surface area contributed by atoms with Gasteiger partial charge in [0.05, 0.1) is 11.9 Å². The molecule has 1 heterocycles. The number of aryl methyl sites for hydroxylation is 1. The van der Waals surface area contributed by atoms with Crippen LogP contribution in [0.15, 0.2) is 72.9 Å². The molecule has 4 heteroatoms. The van der Waals surface area contributed by atoms with E-state index in [0.29, 0.717) is 12.2 Å². The van der Waals surface area contributed by atoms with E-state index in [1.165, 1.54) is 11.1 Å². The lowest BCUT2D eigenvalue weighted by molar-refractivity contribution is 0.0946. The summed E-state index contributed by atoms with van der Waals surface area (Å²) in [5, 5.41) is 6.19. The van der Waals surface area contributed by atoms with Crippen LogP contribution in [0.25, 0.3) is 0 Å². The van der Waals surface area contributed by atoms with Gasteiger partial charge in [-0.25, -0.2) is 4.98 Å². The molecule has 3 aromatic rings. The predicted octanol–water partition coefficient (Wildman–Crippen LogP) is 3.93. The summed E-state index contributed by atoms with van der Waals surface area (Å²) < 4.78 is 0. The third-order valence-electron chi connectivity index (χ3n) is 3.87. The second-order valence-corrected chi connectivity index (χ2v) is 5.94. The molecule has 0 unspecified atom stereocenters. The average Bonchev–Trinajstić information content (AvgIpc) is 2.66. The molecule has 2 aromatic carbocycles. The monoisotopic (exact) mass is 331 g/mol. The van der Waals surface area contributed by atoms with Gasteiger partial charge in [0.15, 0.2) is 0 Å². The molecule has 3 rings (SSSR count). The minimum Gasteiger partial charge on any atom is -0.380 e. The van der Waals surface area contributed by atoms with Gasteiger partial charge in [0.1, 0.15) is 5.69 Å². The first-order valence-electron chi connectivity index (χ1n) is 8.28. The van der Waals surface area contributed by atoms with Crippen molar-refractivity contribution in [2.75, 3.05) is 5.32 Å². The molecular weight excluding hydrogens is 310 g/mol. The summed E-state index contributed by atoms with van der Waals surface area (Å²) >= 11 is 0. The first kappa shape index (κ1) is 16.7. The highest BCUT2D eigenvalue weighted by Crippen LogP contribution is 2.09. The van der Waals surface area contributed by atoms with Gasteiger partial charge < -0.3 is 10.6 Å². The van der Waals surface area contributed by atoms with E-state index in [-0.39, 0.29) is 5.91 Å². The van der Waals surface area contributed by atoms with Crippen LogP contribution in [0.3, 0.4) is 0 Å². The van der Waals surface area contributed by atoms with Crippen LogP contribution in [0.4, 0.5) is 5.69 Å². The molecule has 0 saturated carbocycles. The molecule has 0 radical (unpaired) electrons. The molecule has 2 N–H and O–H groups in total. The Morgan fingerprint density at radius 1 is 0.920 bits per heavy atom. The van der Waals surface area contributed by atoms with Crippen molar-refractivity contribution in [3.05, 3.63) is 95.3 Å². The van der Waals surface area contributed by atoms with E-state index >= 15 is 0 Å². The summed E-state index contributed by atoms with van der Waals surface area (Å²) in [4.78, 5) is 16.4.